The van der Waals surface area contributed by atoms with Gasteiger partial charge in [0.05, 0.1) is 11.2 Å². The van der Waals surface area contributed by atoms with Crippen LogP contribution in [-0.2, 0) is 11.3 Å². The number of anilines is 1. The van der Waals surface area contributed by atoms with Gasteiger partial charge in [-0.1, -0.05) is 71.8 Å². The van der Waals surface area contributed by atoms with Gasteiger partial charge in [0.2, 0.25) is 5.91 Å². The second-order valence-electron chi connectivity index (χ2n) is 8.62. The number of amides is 1. The molecule has 5 heteroatoms. The summed E-state index contributed by atoms with van der Waals surface area (Å²) in [6.07, 6.45) is 1.71. The standard InChI is InChI=1S/C27H27ClN2O2/c1-19-9-11-20(12-10-19)18-30-16-6-15-27(30,2)26(32)29-24-14-13-22(28)17-23(24)25(31)21-7-4-3-5-8-21/h3-5,7-14,17H,6,15-16,18H2,1-2H3,(H,29,32)/t27-/m1/s1. The summed E-state index contributed by atoms with van der Waals surface area (Å²) < 4.78 is 0. The van der Waals surface area contributed by atoms with Crippen molar-refractivity contribution in [2.45, 2.75) is 38.8 Å². The maximum absolute atomic E-state index is 13.5. The van der Waals surface area contributed by atoms with Gasteiger partial charge in [0.15, 0.2) is 5.78 Å². The van der Waals surface area contributed by atoms with Gasteiger partial charge in [-0.25, -0.2) is 0 Å². The summed E-state index contributed by atoms with van der Waals surface area (Å²) in [4.78, 5) is 28.8. The second-order valence-corrected chi connectivity index (χ2v) is 9.06. The van der Waals surface area contributed by atoms with Crippen molar-refractivity contribution in [3.8, 4) is 0 Å². The van der Waals surface area contributed by atoms with Gasteiger partial charge in [0.25, 0.3) is 0 Å². The Labute approximate surface area is 194 Å². The molecule has 1 aliphatic heterocycles. The maximum atomic E-state index is 13.5. The number of hydrogen-bond acceptors (Lipinski definition) is 3. The highest BCUT2D eigenvalue weighted by atomic mass is 35.5. The molecule has 0 aromatic heterocycles. The number of halogens is 1. The third-order valence-electron chi connectivity index (χ3n) is 6.28. The lowest BCUT2D eigenvalue weighted by molar-refractivity contribution is -0.125. The van der Waals surface area contributed by atoms with Crippen molar-refractivity contribution in [1.82, 2.24) is 4.90 Å². The van der Waals surface area contributed by atoms with Crippen molar-refractivity contribution in [2.24, 2.45) is 0 Å². The first kappa shape index (κ1) is 22.3. The van der Waals surface area contributed by atoms with E-state index in [2.05, 4.69) is 41.4 Å². The number of benzene rings is 3. The first-order chi connectivity index (χ1) is 15.4. The zero-order valence-corrected chi connectivity index (χ0v) is 19.2. The molecular formula is C27H27ClN2O2. The Morgan fingerprint density at radius 3 is 2.47 bits per heavy atom. The summed E-state index contributed by atoms with van der Waals surface area (Å²) in [7, 11) is 0. The molecule has 1 saturated heterocycles. The van der Waals surface area contributed by atoms with Gasteiger partial charge in [0.1, 0.15) is 0 Å². The Balaban J connectivity index is 1.58. The lowest BCUT2D eigenvalue weighted by Gasteiger charge is -2.34. The predicted octanol–water partition coefficient (Wildman–Crippen LogP) is 5.87. The van der Waals surface area contributed by atoms with Crippen molar-refractivity contribution in [2.75, 3.05) is 11.9 Å². The average molecular weight is 447 g/mol. The zero-order valence-electron chi connectivity index (χ0n) is 18.4. The molecule has 1 N–H and O–H groups in total. The summed E-state index contributed by atoms with van der Waals surface area (Å²) in [5.41, 5.74) is 3.17. The van der Waals surface area contributed by atoms with Gasteiger partial charge in [-0.15, -0.1) is 0 Å². The zero-order chi connectivity index (χ0) is 22.7. The van der Waals surface area contributed by atoms with Crippen LogP contribution in [0.15, 0.2) is 72.8 Å². The third kappa shape index (κ3) is 4.62. The van der Waals surface area contributed by atoms with E-state index in [0.717, 1.165) is 19.4 Å². The maximum Gasteiger partial charge on any atom is 0.244 e. The van der Waals surface area contributed by atoms with Crippen molar-refractivity contribution < 1.29 is 9.59 Å². The monoisotopic (exact) mass is 446 g/mol. The van der Waals surface area contributed by atoms with Gasteiger partial charge < -0.3 is 5.32 Å². The van der Waals surface area contributed by atoms with Gasteiger partial charge in [-0.2, -0.15) is 0 Å². The number of nitrogens with zero attached hydrogens (tertiary/aromatic N) is 1. The number of nitrogens with one attached hydrogen (secondary N) is 1. The molecule has 0 bridgehead atoms. The fraction of sp³-hybridized carbons (Fsp3) is 0.259. The van der Waals surface area contributed by atoms with Gasteiger partial charge in [-0.3, -0.25) is 14.5 Å². The number of hydrogen-bond donors (Lipinski definition) is 1. The largest absolute Gasteiger partial charge is 0.324 e. The number of rotatable bonds is 6. The Morgan fingerprint density at radius 1 is 1.03 bits per heavy atom. The molecule has 0 unspecified atom stereocenters. The summed E-state index contributed by atoms with van der Waals surface area (Å²) >= 11 is 6.19. The van der Waals surface area contributed by atoms with E-state index in [1.54, 1.807) is 30.3 Å². The average Bonchev–Trinajstić information content (AvgIpc) is 3.18. The van der Waals surface area contributed by atoms with Crippen LogP contribution in [0.25, 0.3) is 0 Å². The molecule has 0 spiro atoms. The van der Waals surface area contributed by atoms with E-state index >= 15 is 0 Å². The third-order valence-corrected chi connectivity index (χ3v) is 6.52. The minimum atomic E-state index is -0.655. The van der Waals surface area contributed by atoms with Gasteiger partial charge in [-0.05, 0) is 57.0 Å². The Bertz CT molecular complexity index is 1130. The summed E-state index contributed by atoms with van der Waals surface area (Å²) in [6.45, 7) is 5.62. The highest BCUT2D eigenvalue weighted by Gasteiger charge is 2.43. The van der Waals surface area contributed by atoms with Crippen molar-refractivity contribution in [3.63, 3.8) is 0 Å². The van der Waals surface area contributed by atoms with E-state index in [1.165, 1.54) is 11.1 Å². The quantitative estimate of drug-likeness (QED) is 0.481. The second kappa shape index (κ2) is 9.27. The minimum Gasteiger partial charge on any atom is -0.324 e. The SMILES string of the molecule is Cc1ccc(CN2CCC[C@]2(C)C(=O)Nc2ccc(Cl)cc2C(=O)c2ccccc2)cc1. The van der Waals surface area contributed by atoms with E-state index in [-0.39, 0.29) is 11.7 Å². The predicted molar refractivity (Wildman–Crippen MR) is 129 cm³/mol. The molecule has 32 heavy (non-hydrogen) atoms. The molecule has 164 valence electrons. The van der Waals surface area contributed by atoms with E-state index in [0.29, 0.717) is 28.4 Å². The lowest BCUT2D eigenvalue weighted by atomic mass is 9.95. The molecule has 0 aliphatic carbocycles. The topological polar surface area (TPSA) is 49.4 Å². The summed E-state index contributed by atoms with van der Waals surface area (Å²) in [5.74, 6) is -0.275. The van der Waals surface area contributed by atoms with Gasteiger partial charge >= 0.3 is 0 Å². The van der Waals surface area contributed by atoms with Crippen LogP contribution in [0, 0.1) is 6.92 Å². The molecule has 0 saturated carbocycles. The van der Waals surface area contributed by atoms with Crippen molar-refractivity contribution in [1.29, 1.82) is 0 Å². The van der Waals surface area contributed by atoms with Crippen molar-refractivity contribution >= 4 is 29.0 Å². The van der Waals surface area contributed by atoms with Crippen LogP contribution < -0.4 is 5.32 Å². The van der Waals surface area contributed by atoms with E-state index in [4.69, 9.17) is 11.6 Å². The summed E-state index contributed by atoms with van der Waals surface area (Å²) in [6, 6.07) is 22.5. The molecular weight excluding hydrogens is 420 g/mol. The van der Waals surface area contributed by atoms with Crippen LogP contribution >= 0.6 is 11.6 Å². The fourth-order valence-corrected chi connectivity index (χ4v) is 4.43. The number of aryl methyl sites for hydroxylation is 1. The Hall–Kier alpha value is -2.95. The normalized spacial score (nSPS) is 18.5. The Morgan fingerprint density at radius 2 is 1.75 bits per heavy atom. The summed E-state index contributed by atoms with van der Waals surface area (Å²) in [5, 5.41) is 3.49. The first-order valence-electron chi connectivity index (χ1n) is 10.9. The molecule has 1 atom stereocenters. The number of carbonyl (C=O) groups excluding carboxylic acids is 2. The highest BCUT2D eigenvalue weighted by Crippen LogP contribution is 2.33. The molecule has 1 amide bonds. The molecule has 3 aromatic carbocycles. The smallest absolute Gasteiger partial charge is 0.244 e. The Kier molecular flexibility index (Phi) is 6.45. The number of ketones is 1. The van der Waals surface area contributed by atoms with E-state index in [9.17, 15) is 9.59 Å². The van der Waals surface area contributed by atoms with Crippen LogP contribution in [0.4, 0.5) is 5.69 Å². The lowest BCUT2D eigenvalue weighted by Crippen LogP contribution is -2.50. The van der Waals surface area contributed by atoms with E-state index < -0.39 is 5.54 Å². The van der Waals surface area contributed by atoms with Crippen LogP contribution in [0.1, 0.15) is 46.8 Å². The number of likely N-dealkylation sites (tertiary alicyclic amines) is 1. The molecule has 1 aliphatic rings. The van der Waals surface area contributed by atoms with Gasteiger partial charge in [0, 0.05) is 22.7 Å². The minimum absolute atomic E-state index is 0.105. The molecule has 1 fully saturated rings. The van der Waals surface area contributed by atoms with Crippen LogP contribution in [0.3, 0.4) is 0 Å². The van der Waals surface area contributed by atoms with Crippen LogP contribution in [-0.4, -0.2) is 28.7 Å². The van der Waals surface area contributed by atoms with Crippen LogP contribution in [0.2, 0.25) is 5.02 Å². The molecule has 1 heterocycles. The first-order valence-corrected chi connectivity index (χ1v) is 11.3. The van der Waals surface area contributed by atoms with Crippen LogP contribution in [0.5, 0.6) is 0 Å². The molecule has 4 nitrogen and oxygen atoms in total. The highest BCUT2D eigenvalue weighted by molar-refractivity contribution is 6.31. The van der Waals surface area contributed by atoms with Crippen molar-refractivity contribution in [3.05, 3.63) is 100 Å². The number of carbonyl (C=O) groups is 2. The molecule has 0 radical (unpaired) electrons. The fourth-order valence-electron chi connectivity index (χ4n) is 4.26. The van der Waals surface area contributed by atoms with E-state index in [1.807, 2.05) is 25.1 Å². The molecule has 3 aromatic rings. The molecule has 4 rings (SSSR count).